The van der Waals surface area contributed by atoms with Crippen LogP contribution in [-0.4, -0.2) is 44.3 Å². The van der Waals surface area contributed by atoms with Crippen molar-refractivity contribution < 1.29 is 14.5 Å². The number of methoxy groups -OCH3 is 1. The largest absolute Gasteiger partial charge is 0.496 e. The van der Waals surface area contributed by atoms with Crippen LogP contribution in [-0.2, 0) is 11.3 Å². The van der Waals surface area contributed by atoms with E-state index in [4.69, 9.17) is 17.0 Å². The summed E-state index contributed by atoms with van der Waals surface area (Å²) in [7, 11) is 1.56. The Bertz CT molecular complexity index is 1080. The molecule has 164 valence electrons. The summed E-state index contributed by atoms with van der Waals surface area (Å²) < 4.78 is 7.05. The summed E-state index contributed by atoms with van der Waals surface area (Å²) in [6, 6.07) is 5.51. The number of nitro groups is 1. The second kappa shape index (κ2) is 9.25. The Kier molecular flexibility index (Phi) is 6.69. The Morgan fingerprint density at radius 1 is 1.35 bits per heavy atom. The lowest BCUT2D eigenvalue weighted by molar-refractivity contribution is -0.386. The molecule has 1 aliphatic rings. The highest BCUT2D eigenvalue weighted by Gasteiger charge is 2.30. The highest BCUT2D eigenvalue weighted by atomic mass is 32.1. The molecule has 10 heteroatoms. The van der Waals surface area contributed by atoms with Gasteiger partial charge < -0.3 is 10.1 Å². The molecule has 0 spiro atoms. The average Bonchev–Trinajstić information content (AvgIpc) is 3.15. The van der Waals surface area contributed by atoms with Gasteiger partial charge in [0.25, 0.3) is 5.91 Å². The molecule has 1 N–H and O–H groups in total. The predicted octanol–water partition coefficient (Wildman–Crippen LogP) is 3.32. The van der Waals surface area contributed by atoms with Crippen LogP contribution >= 0.6 is 12.2 Å². The Hall–Kier alpha value is -3.27. The van der Waals surface area contributed by atoms with E-state index in [9.17, 15) is 14.9 Å². The van der Waals surface area contributed by atoms with Crippen LogP contribution in [0.5, 0.6) is 5.75 Å². The van der Waals surface area contributed by atoms with Crippen molar-refractivity contribution in [2.24, 2.45) is 0 Å². The van der Waals surface area contributed by atoms with Crippen molar-refractivity contribution in [3.63, 3.8) is 0 Å². The van der Waals surface area contributed by atoms with Crippen LogP contribution in [0.25, 0.3) is 6.08 Å². The molecule has 1 aromatic heterocycles. The Morgan fingerprint density at radius 2 is 2.10 bits per heavy atom. The maximum absolute atomic E-state index is 12.7. The van der Waals surface area contributed by atoms with Gasteiger partial charge in [-0.25, -0.2) is 0 Å². The number of thiocarbonyl (C=S) groups is 1. The number of benzene rings is 1. The van der Waals surface area contributed by atoms with Crippen molar-refractivity contribution in [1.29, 1.82) is 0 Å². The predicted molar refractivity (Wildman–Crippen MR) is 121 cm³/mol. The summed E-state index contributed by atoms with van der Waals surface area (Å²) >= 11 is 5.29. The molecule has 1 aliphatic heterocycles. The molecule has 0 atom stereocenters. The topological polar surface area (TPSA) is 103 Å². The van der Waals surface area contributed by atoms with Gasteiger partial charge in [-0.3, -0.25) is 24.5 Å². The number of amides is 1. The molecule has 1 amide bonds. The number of carbonyl (C=O) groups excluding carboxylic acids is 1. The third-order valence-corrected chi connectivity index (χ3v) is 5.48. The van der Waals surface area contributed by atoms with Crippen molar-refractivity contribution >= 4 is 35.0 Å². The van der Waals surface area contributed by atoms with Crippen LogP contribution in [0.3, 0.4) is 0 Å². The summed E-state index contributed by atoms with van der Waals surface area (Å²) in [6.45, 7) is 6.23. The van der Waals surface area contributed by atoms with Crippen LogP contribution in [0.1, 0.15) is 42.3 Å². The number of hydrogen-bond acceptors (Lipinski definition) is 6. The molecule has 0 saturated carbocycles. The number of aryl methyl sites for hydroxylation is 1. The SMILES string of the molecule is CCCCN1C(=O)C(=Cc2ccc(OC)c(Cn3nc(C)c([N+](=O)[O-])c3C)c2)NC1=S. The Morgan fingerprint density at radius 3 is 2.71 bits per heavy atom. The average molecular weight is 444 g/mol. The first-order chi connectivity index (χ1) is 14.8. The van der Waals surface area contributed by atoms with Gasteiger partial charge in [-0.15, -0.1) is 0 Å². The lowest BCUT2D eigenvalue weighted by Crippen LogP contribution is -2.31. The molecule has 0 radical (unpaired) electrons. The zero-order valence-corrected chi connectivity index (χ0v) is 18.8. The second-order valence-corrected chi connectivity index (χ2v) is 7.69. The first kappa shape index (κ1) is 22.4. The first-order valence-electron chi connectivity index (χ1n) is 9.96. The Labute approximate surface area is 185 Å². The third-order valence-electron chi connectivity index (χ3n) is 5.16. The fraction of sp³-hybridized carbons (Fsp3) is 0.381. The van der Waals surface area contributed by atoms with Gasteiger partial charge in [-0.2, -0.15) is 5.10 Å². The minimum atomic E-state index is -0.420. The number of nitrogens with zero attached hydrogens (tertiary/aromatic N) is 4. The molecule has 1 aromatic carbocycles. The highest BCUT2D eigenvalue weighted by Crippen LogP contribution is 2.27. The standard InChI is InChI=1S/C21H25N5O4S/c1-5-6-9-24-20(27)17(22-21(24)31)11-15-7-8-18(30-4)16(10-15)12-25-14(3)19(26(28)29)13(2)23-25/h7-8,10-11H,5-6,9,12H2,1-4H3,(H,22,31). The molecule has 2 aromatic rings. The molecular weight excluding hydrogens is 418 g/mol. The molecule has 0 bridgehead atoms. The number of nitrogens with one attached hydrogen (secondary N) is 1. The fourth-order valence-corrected chi connectivity index (χ4v) is 3.82. The maximum atomic E-state index is 12.7. The molecule has 31 heavy (non-hydrogen) atoms. The molecule has 3 rings (SSSR count). The molecule has 2 heterocycles. The van der Waals surface area contributed by atoms with Gasteiger partial charge >= 0.3 is 5.69 Å². The van der Waals surface area contributed by atoms with Crippen molar-refractivity contribution in [3.05, 3.63) is 56.5 Å². The van der Waals surface area contributed by atoms with Crippen LogP contribution in [0.4, 0.5) is 5.69 Å². The fourth-order valence-electron chi connectivity index (χ4n) is 3.54. The molecule has 1 saturated heterocycles. The zero-order valence-electron chi connectivity index (χ0n) is 18.0. The third kappa shape index (κ3) is 4.58. The number of ether oxygens (including phenoxy) is 1. The number of aromatic nitrogens is 2. The summed E-state index contributed by atoms with van der Waals surface area (Å²) in [5, 5.41) is 19.0. The van der Waals surface area contributed by atoms with Gasteiger partial charge in [0.2, 0.25) is 0 Å². The molecule has 0 unspecified atom stereocenters. The number of hydrogen-bond donors (Lipinski definition) is 1. The minimum absolute atomic E-state index is 0.0127. The van der Waals surface area contributed by atoms with E-state index in [1.54, 1.807) is 42.7 Å². The van der Waals surface area contributed by atoms with E-state index in [1.807, 2.05) is 12.1 Å². The van der Waals surface area contributed by atoms with Gasteiger partial charge in [0.05, 0.1) is 18.6 Å². The maximum Gasteiger partial charge on any atom is 0.312 e. The summed E-state index contributed by atoms with van der Waals surface area (Å²) in [4.78, 5) is 25.1. The zero-order chi connectivity index (χ0) is 22.7. The summed E-state index contributed by atoms with van der Waals surface area (Å²) in [5.41, 5.74) is 2.83. The van der Waals surface area contributed by atoms with Crippen molar-refractivity contribution in [1.82, 2.24) is 20.0 Å². The summed E-state index contributed by atoms with van der Waals surface area (Å²) in [5.74, 6) is 0.480. The highest BCUT2D eigenvalue weighted by molar-refractivity contribution is 7.80. The van der Waals surface area contributed by atoms with Crippen molar-refractivity contribution in [2.45, 2.75) is 40.2 Å². The second-order valence-electron chi connectivity index (χ2n) is 7.30. The van der Waals surface area contributed by atoms with Gasteiger partial charge in [-0.1, -0.05) is 19.4 Å². The number of rotatable bonds is 8. The lowest BCUT2D eigenvalue weighted by Gasteiger charge is -2.12. The Balaban J connectivity index is 1.91. The smallest absolute Gasteiger partial charge is 0.312 e. The van der Waals surface area contributed by atoms with Crippen LogP contribution in [0.2, 0.25) is 0 Å². The molecule has 9 nitrogen and oxygen atoms in total. The number of unbranched alkanes of at least 4 members (excludes halogenated alkanes) is 1. The normalized spacial score (nSPS) is 15.0. The lowest BCUT2D eigenvalue weighted by atomic mass is 10.1. The van der Waals surface area contributed by atoms with Gasteiger partial charge in [0.1, 0.15) is 22.8 Å². The van der Waals surface area contributed by atoms with E-state index in [1.165, 1.54) is 0 Å². The van der Waals surface area contributed by atoms with Crippen molar-refractivity contribution in [2.75, 3.05) is 13.7 Å². The van der Waals surface area contributed by atoms with E-state index >= 15 is 0 Å². The van der Waals surface area contributed by atoms with E-state index in [2.05, 4.69) is 17.3 Å². The van der Waals surface area contributed by atoms with Gasteiger partial charge in [0, 0.05) is 12.1 Å². The monoisotopic (exact) mass is 443 g/mol. The van der Waals surface area contributed by atoms with Gasteiger partial charge in [0.15, 0.2) is 5.11 Å². The first-order valence-corrected chi connectivity index (χ1v) is 10.4. The summed E-state index contributed by atoms with van der Waals surface area (Å²) in [6.07, 6.45) is 3.59. The molecular formula is C21H25N5O4S. The molecule has 1 fully saturated rings. The molecule has 0 aliphatic carbocycles. The quantitative estimate of drug-likeness (QED) is 0.289. The van der Waals surface area contributed by atoms with E-state index in [0.29, 0.717) is 41.0 Å². The van der Waals surface area contributed by atoms with E-state index in [-0.39, 0.29) is 11.6 Å². The van der Waals surface area contributed by atoms with E-state index in [0.717, 1.165) is 24.0 Å². The van der Waals surface area contributed by atoms with Crippen LogP contribution in [0, 0.1) is 24.0 Å². The van der Waals surface area contributed by atoms with Crippen molar-refractivity contribution in [3.8, 4) is 5.75 Å². The van der Waals surface area contributed by atoms with E-state index < -0.39 is 4.92 Å². The number of carbonyl (C=O) groups is 1. The minimum Gasteiger partial charge on any atom is -0.496 e. The van der Waals surface area contributed by atoms with Crippen LogP contribution < -0.4 is 10.1 Å². The van der Waals surface area contributed by atoms with Crippen LogP contribution in [0.15, 0.2) is 23.9 Å². The van der Waals surface area contributed by atoms with Gasteiger partial charge in [-0.05, 0) is 56.3 Å².